The van der Waals surface area contributed by atoms with Crippen molar-refractivity contribution in [2.75, 3.05) is 7.11 Å². The molecule has 1 heterocycles. The van der Waals surface area contributed by atoms with E-state index in [2.05, 4.69) is 17.3 Å². The maximum Gasteiger partial charge on any atom is 0.254 e. The third-order valence-corrected chi connectivity index (χ3v) is 7.90. The first kappa shape index (κ1) is 20.5. The summed E-state index contributed by atoms with van der Waals surface area (Å²) in [4.78, 5) is 26.1. The number of benzene rings is 2. The third-order valence-electron chi connectivity index (χ3n) is 7.65. The third kappa shape index (κ3) is 3.11. The van der Waals surface area contributed by atoms with Crippen LogP contribution in [0.15, 0.2) is 59.7 Å². The molecule has 3 fully saturated rings. The fourth-order valence-corrected chi connectivity index (χ4v) is 6.05. The van der Waals surface area contributed by atoms with E-state index in [0.29, 0.717) is 28.7 Å². The summed E-state index contributed by atoms with van der Waals surface area (Å²) < 4.78 is 11.4. The minimum atomic E-state index is -0.245. The van der Waals surface area contributed by atoms with Crippen LogP contribution in [0.4, 0.5) is 0 Å². The second kappa shape index (κ2) is 7.45. The number of carbonyl (C=O) groups is 2. The molecule has 168 valence electrons. The standard InChI is InChI=1S/C26H23ClN2O4/c1-32-21-12-16(4-9-20(21)33-14-15-2-5-17(27)6-3-15)13-28-29-24(30)22-18-7-8-19(23(22)25(29)31)26(18)10-11-26/h2-9,12-13,18-19,22-23H,10-11,14H2,1H3/b28-13-/t18-,19-,22+,23+/m1/s1. The first-order chi connectivity index (χ1) is 16.0. The quantitative estimate of drug-likeness (QED) is 0.361. The Morgan fingerprint density at radius 1 is 1.03 bits per heavy atom. The van der Waals surface area contributed by atoms with Gasteiger partial charge < -0.3 is 9.47 Å². The molecule has 2 saturated carbocycles. The molecule has 7 heteroatoms. The lowest BCUT2D eigenvalue weighted by molar-refractivity contribution is -0.141. The molecule has 4 atom stereocenters. The van der Waals surface area contributed by atoms with E-state index in [1.54, 1.807) is 19.2 Å². The average molecular weight is 463 g/mol. The van der Waals surface area contributed by atoms with Gasteiger partial charge >= 0.3 is 0 Å². The van der Waals surface area contributed by atoms with Crippen molar-refractivity contribution in [3.8, 4) is 11.5 Å². The fourth-order valence-electron chi connectivity index (χ4n) is 5.93. The number of amides is 2. The van der Waals surface area contributed by atoms with Crippen LogP contribution in [0.5, 0.6) is 11.5 Å². The summed E-state index contributed by atoms with van der Waals surface area (Å²) in [5, 5.41) is 6.04. The molecule has 2 aromatic rings. The molecule has 6 rings (SSSR count). The van der Waals surface area contributed by atoms with Crippen molar-refractivity contribution in [1.82, 2.24) is 5.01 Å². The molecule has 33 heavy (non-hydrogen) atoms. The lowest BCUT2D eigenvalue weighted by Crippen LogP contribution is -2.30. The Bertz CT molecular complexity index is 1170. The van der Waals surface area contributed by atoms with E-state index >= 15 is 0 Å². The molecular weight excluding hydrogens is 440 g/mol. The summed E-state index contributed by atoms with van der Waals surface area (Å²) in [6.07, 6.45) is 8.09. The molecule has 6 nitrogen and oxygen atoms in total. The van der Waals surface area contributed by atoms with E-state index in [1.165, 1.54) is 6.21 Å². The van der Waals surface area contributed by atoms with Gasteiger partial charge in [0, 0.05) is 5.02 Å². The van der Waals surface area contributed by atoms with Crippen LogP contribution in [0.1, 0.15) is 24.0 Å². The average Bonchev–Trinajstić information content (AvgIpc) is 3.43. The number of hydrazone groups is 1. The Kier molecular flexibility index (Phi) is 4.63. The molecule has 1 aliphatic heterocycles. The molecular formula is C26H23ClN2O4. The van der Waals surface area contributed by atoms with Gasteiger partial charge in [-0.3, -0.25) is 9.59 Å². The van der Waals surface area contributed by atoms with E-state index in [9.17, 15) is 9.59 Å². The Hall–Kier alpha value is -3.12. The summed E-state index contributed by atoms with van der Waals surface area (Å²) in [5.74, 6) is 0.698. The van der Waals surface area contributed by atoms with Crippen LogP contribution in [0.2, 0.25) is 5.02 Å². The predicted molar refractivity (Wildman–Crippen MR) is 123 cm³/mol. The van der Waals surface area contributed by atoms with Crippen molar-refractivity contribution in [3.05, 3.63) is 70.8 Å². The van der Waals surface area contributed by atoms with Gasteiger partial charge in [0.25, 0.3) is 11.8 Å². The molecule has 2 amide bonds. The first-order valence-corrected chi connectivity index (χ1v) is 11.5. The van der Waals surface area contributed by atoms with E-state index in [1.807, 2.05) is 30.3 Å². The maximum atomic E-state index is 13.0. The number of nitrogens with zero attached hydrogens (tertiary/aromatic N) is 2. The highest BCUT2D eigenvalue weighted by atomic mass is 35.5. The second-order valence-corrected chi connectivity index (χ2v) is 9.72. The maximum absolute atomic E-state index is 13.0. The van der Waals surface area contributed by atoms with Gasteiger partial charge in [-0.1, -0.05) is 35.9 Å². The van der Waals surface area contributed by atoms with Crippen LogP contribution in [-0.4, -0.2) is 30.1 Å². The van der Waals surface area contributed by atoms with Crippen LogP contribution in [0.3, 0.4) is 0 Å². The topological polar surface area (TPSA) is 68.2 Å². The highest BCUT2D eigenvalue weighted by Crippen LogP contribution is 2.73. The largest absolute Gasteiger partial charge is 0.493 e. The second-order valence-electron chi connectivity index (χ2n) is 9.28. The van der Waals surface area contributed by atoms with Crippen LogP contribution in [0.25, 0.3) is 0 Å². The number of ether oxygens (including phenoxy) is 2. The van der Waals surface area contributed by atoms with E-state index < -0.39 is 0 Å². The number of carbonyl (C=O) groups excluding carboxylic acids is 2. The van der Waals surface area contributed by atoms with Gasteiger partial charge in [0.05, 0.1) is 25.2 Å². The van der Waals surface area contributed by atoms with Gasteiger partial charge in [-0.2, -0.15) is 10.1 Å². The monoisotopic (exact) mass is 462 g/mol. The number of allylic oxidation sites excluding steroid dienone is 2. The van der Waals surface area contributed by atoms with Crippen LogP contribution < -0.4 is 9.47 Å². The fraction of sp³-hybridized carbons (Fsp3) is 0.346. The van der Waals surface area contributed by atoms with E-state index in [-0.39, 0.29) is 40.9 Å². The van der Waals surface area contributed by atoms with Crippen molar-refractivity contribution in [3.63, 3.8) is 0 Å². The number of halogens is 1. The van der Waals surface area contributed by atoms with Gasteiger partial charge in [0.2, 0.25) is 0 Å². The smallest absolute Gasteiger partial charge is 0.254 e. The van der Waals surface area contributed by atoms with Gasteiger partial charge in [0.15, 0.2) is 11.5 Å². The van der Waals surface area contributed by atoms with Crippen LogP contribution in [0, 0.1) is 29.1 Å². The highest BCUT2D eigenvalue weighted by Gasteiger charge is 2.73. The molecule has 2 aromatic carbocycles. The Morgan fingerprint density at radius 3 is 2.30 bits per heavy atom. The number of methoxy groups -OCH3 is 1. The summed E-state index contributed by atoms with van der Waals surface area (Å²) in [6, 6.07) is 12.8. The lowest BCUT2D eigenvalue weighted by atomic mass is 9.85. The molecule has 0 aromatic heterocycles. The summed E-state index contributed by atoms with van der Waals surface area (Å²) >= 11 is 5.93. The normalized spacial score (nSPS) is 28.2. The Labute approximate surface area is 196 Å². The minimum Gasteiger partial charge on any atom is -0.493 e. The number of imide groups is 1. The van der Waals surface area contributed by atoms with Crippen molar-refractivity contribution in [2.45, 2.75) is 19.4 Å². The molecule has 1 saturated heterocycles. The Balaban J connectivity index is 1.16. The van der Waals surface area contributed by atoms with Crippen molar-refractivity contribution in [1.29, 1.82) is 0 Å². The molecule has 4 aliphatic rings. The van der Waals surface area contributed by atoms with E-state index in [4.69, 9.17) is 21.1 Å². The number of hydrogen-bond donors (Lipinski definition) is 0. The first-order valence-electron chi connectivity index (χ1n) is 11.2. The van der Waals surface area contributed by atoms with Crippen molar-refractivity contribution in [2.24, 2.45) is 34.2 Å². The number of rotatable bonds is 6. The molecule has 0 radical (unpaired) electrons. The van der Waals surface area contributed by atoms with Crippen LogP contribution >= 0.6 is 11.6 Å². The zero-order chi connectivity index (χ0) is 22.7. The van der Waals surface area contributed by atoms with Gasteiger partial charge in [0.1, 0.15) is 6.61 Å². The number of fused-ring (bicyclic) bond motifs is 3. The predicted octanol–water partition coefficient (Wildman–Crippen LogP) is 4.46. The highest BCUT2D eigenvalue weighted by molar-refractivity contribution is 6.30. The summed E-state index contributed by atoms with van der Waals surface area (Å²) in [7, 11) is 1.57. The zero-order valence-corrected chi connectivity index (χ0v) is 18.9. The Morgan fingerprint density at radius 2 is 1.70 bits per heavy atom. The molecule has 1 spiro atoms. The van der Waals surface area contributed by atoms with E-state index in [0.717, 1.165) is 23.4 Å². The summed E-state index contributed by atoms with van der Waals surface area (Å²) in [6.45, 7) is 0.373. The minimum absolute atomic E-state index is 0.167. The molecule has 2 bridgehead atoms. The van der Waals surface area contributed by atoms with Gasteiger partial charge in [-0.05, 0) is 71.6 Å². The lowest BCUT2D eigenvalue weighted by Gasteiger charge is -2.18. The SMILES string of the molecule is COc1cc(/C=N\N2C(=O)[C@@H]3[C@@H](C2=O)[C@H]2C=C[C@H]3C23CC3)ccc1OCc1ccc(Cl)cc1. The molecule has 0 N–H and O–H groups in total. The van der Waals surface area contributed by atoms with Gasteiger partial charge in [-0.25, -0.2) is 0 Å². The molecule has 3 aliphatic carbocycles. The van der Waals surface area contributed by atoms with Gasteiger partial charge in [-0.15, -0.1) is 0 Å². The van der Waals surface area contributed by atoms with Crippen molar-refractivity contribution >= 4 is 29.6 Å². The van der Waals surface area contributed by atoms with Crippen molar-refractivity contribution < 1.29 is 19.1 Å². The van der Waals surface area contributed by atoms with Crippen LogP contribution in [-0.2, 0) is 16.2 Å². The molecule has 0 unspecified atom stereocenters. The zero-order valence-electron chi connectivity index (χ0n) is 18.1. The summed E-state index contributed by atoms with van der Waals surface area (Å²) in [5.41, 5.74) is 1.88. The number of hydrogen-bond acceptors (Lipinski definition) is 5.